The molecule has 0 aromatic carbocycles. The maximum Gasteiger partial charge on any atom is 0.288 e. The molecule has 5 nitrogen and oxygen atoms in total. The minimum atomic E-state index is -0.435. The van der Waals surface area contributed by atoms with Crippen molar-refractivity contribution in [2.45, 2.75) is 45.1 Å². The van der Waals surface area contributed by atoms with Crippen LogP contribution in [0.1, 0.15) is 39.0 Å². The zero-order valence-corrected chi connectivity index (χ0v) is 12.5. The van der Waals surface area contributed by atoms with Gasteiger partial charge in [-0.2, -0.15) is 0 Å². The van der Waals surface area contributed by atoms with Gasteiger partial charge in [0.25, 0.3) is 5.69 Å². The van der Waals surface area contributed by atoms with Gasteiger partial charge in [0.05, 0.1) is 9.40 Å². The Bertz CT molecular complexity index is 467. The summed E-state index contributed by atoms with van der Waals surface area (Å²) in [6, 6.07) is 1.89. The van der Waals surface area contributed by atoms with Gasteiger partial charge in [0.1, 0.15) is 12.0 Å². The van der Waals surface area contributed by atoms with E-state index >= 15 is 0 Å². The summed E-state index contributed by atoms with van der Waals surface area (Å²) in [4.78, 5) is 14.4. The van der Waals surface area contributed by atoms with Crippen molar-refractivity contribution in [1.29, 1.82) is 0 Å². The summed E-state index contributed by atoms with van der Waals surface area (Å²) in [5.41, 5.74) is 0.00587. The number of nitro groups is 1. The number of rotatable bonds is 3. The van der Waals surface area contributed by atoms with E-state index in [1.54, 1.807) is 0 Å². The van der Waals surface area contributed by atoms with Gasteiger partial charge in [0, 0.05) is 12.1 Å². The van der Waals surface area contributed by atoms with Crippen molar-refractivity contribution < 1.29 is 4.92 Å². The van der Waals surface area contributed by atoms with Crippen molar-refractivity contribution >= 4 is 27.4 Å². The van der Waals surface area contributed by atoms with E-state index in [9.17, 15) is 10.1 Å². The molecule has 2 unspecified atom stereocenters. The van der Waals surface area contributed by atoms with Gasteiger partial charge in [0.2, 0.25) is 0 Å². The van der Waals surface area contributed by atoms with Crippen molar-refractivity contribution in [3.05, 3.63) is 26.9 Å². The van der Waals surface area contributed by atoms with Crippen LogP contribution in [0.2, 0.25) is 0 Å². The van der Waals surface area contributed by atoms with Gasteiger partial charge in [-0.1, -0.05) is 26.2 Å². The molecule has 6 heteroatoms. The first-order valence-electron chi connectivity index (χ1n) is 6.64. The smallest absolute Gasteiger partial charge is 0.288 e. The number of pyridine rings is 1. The molecule has 2 atom stereocenters. The Balaban J connectivity index is 2.11. The van der Waals surface area contributed by atoms with E-state index in [0.29, 0.717) is 22.3 Å². The zero-order valence-electron chi connectivity index (χ0n) is 10.9. The molecule has 0 aliphatic heterocycles. The highest BCUT2D eigenvalue weighted by Gasteiger charge is 2.21. The summed E-state index contributed by atoms with van der Waals surface area (Å²) < 4.78 is 0.651. The summed E-state index contributed by atoms with van der Waals surface area (Å²) in [5, 5.41) is 14.1. The van der Waals surface area contributed by atoms with Crippen LogP contribution >= 0.6 is 15.9 Å². The molecule has 1 heterocycles. The number of hydrogen-bond donors (Lipinski definition) is 1. The topological polar surface area (TPSA) is 68.1 Å². The Kier molecular flexibility index (Phi) is 4.74. The predicted octanol–water partition coefficient (Wildman–Crippen LogP) is 4.13. The van der Waals surface area contributed by atoms with Crippen molar-refractivity contribution in [2.75, 3.05) is 5.32 Å². The minimum Gasteiger partial charge on any atom is -0.366 e. The second-order valence-electron chi connectivity index (χ2n) is 5.15. The van der Waals surface area contributed by atoms with Crippen LogP contribution < -0.4 is 5.32 Å². The molecular weight excluding hydrogens is 310 g/mol. The lowest BCUT2D eigenvalue weighted by atomic mass is 9.97. The van der Waals surface area contributed by atoms with Gasteiger partial charge in [-0.25, -0.2) is 4.98 Å². The molecule has 0 amide bonds. The highest BCUT2D eigenvalue weighted by atomic mass is 79.9. The molecule has 1 aromatic heterocycles. The lowest BCUT2D eigenvalue weighted by Crippen LogP contribution is -2.26. The molecular formula is C13H18BrN3O2. The Morgan fingerprint density at radius 2 is 2.16 bits per heavy atom. The molecule has 1 saturated carbocycles. The van der Waals surface area contributed by atoms with E-state index in [0.717, 1.165) is 6.42 Å². The SMILES string of the molecule is CC1CCCCCC1Nc1ncc([N+](=O)[O-])cc1Br. The number of aromatic nitrogens is 1. The first-order valence-corrected chi connectivity index (χ1v) is 7.43. The van der Waals surface area contributed by atoms with Crippen LogP contribution in [0.25, 0.3) is 0 Å². The number of anilines is 1. The Morgan fingerprint density at radius 1 is 1.42 bits per heavy atom. The summed E-state index contributed by atoms with van der Waals surface area (Å²) in [6.07, 6.45) is 7.46. The molecule has 1 aliphatic carbocycles. The molecule has 1 fully saturated rings. The van der Waals surface area contributed by atoms with Crippen LogP contribution in [0, 0.1) is 16.0 Å². The summed E-state index contributed by atoms with van der Waals surface area (Å²) in [6.45, 7) is 2.25. The van der Waals surface area contributed by atoms with Gasteiger partial charge < -0.3 is 5.32 Å². The fraction of sp³-hybridized carbons (Fsp3) is 0.615. The average molecular weight is 328 g/mol. The Labute approximate surface area is 121 Å². The maximum absolute atomic E-state index is 10.7. The standard InChI is InChI=1S/C13H18BrN3O2/c1-9-5-3-2-4-6-12(9)16-13-11(14)7-10(8-15-13)17(18)19/h7-9,12H,2-6H2,1H3,(H,15,16). The van der Waals surface area contributed by atoms with E-state index in [4.69, 9.17) is 0 Å². The fourth-order valence-electron chi connectivity index (χ4n) is 2.52. The predicted molar refractivity (Wildman–Crippen MR) is 78.3 cm³/mol. The molecule has 0 spiro atoms. The summed E-state index contributed by atoms with van der Waals surface area (Å²) in [7, 11) is 0. The zero-order chi connectivity index (χ0) is 13.8. The van der Waals surface area contributed by atoms with Crippen LogP contribution in [0.15, 0.2) is 16.7 Å². The quantitative estimate of drug-likeness (QED) is 0.514. The van der Waals surface area contributed by atoms with Crippen LogP contribution in [-0.2, 0) is 0 Å². The average Bonchev–Trinajstić information content (AvgIpc) is 2.57. The molecule has 19 heavy (non-hydrogen) atoms. The van der Waals surface area contributed by atoms with Crippen LogP contribution in [0.4, 0.5) is 11.5 Å². The molecule has 104 valence electrons. The molecule has 0 radical (unpaired) electrons. The molecule has 1 aromatic rings. The van der Waals surface area contributed by atoms with Crippen molar-refractivity contribution in [3.63, 3.8) is 0 Å². The number of nitrogens with zero attached hydrogens (tertiary/aromatic N) is 2. The molecule has 0 bridgehead atoms. The van der Waals surface area contributed by atoms with Crippen molar-refractivity contribution in [3.8, 4) is 0 Å². The number of hydrogen-bond acceptors (Lipinski definition) is 4. The first kappa shape index (κ1) is 14.2. The lowest BCUT2D eigenvalue weighted by Gasteiger charge is -2.23. The third-order valence-electron chi connectivity index (χ3n) is 3.72. The van der Waals surface area contributed by atoms with Crippen LogP contribution in [-0.4, -0.2) is 15.9 Å². The third kappa shape index (κ3) is 3.65. The molecule has 2 rings (SSSR count). The second kappa shape index (κ2) is 6.32. The first-order chi connectivity index (χ1) is 9.08. The van der Waals surface area contributed by atoms with Crippen molar-refractivity contribution in [2.24, 2.45) is 5.92 Å². The van der Waals surface area contributed by atoms with Gasteiger partial charge in [-0.15, -0.1) is 0 Å². The Hall–Kier alpha value is -1.17. The van der Waals surface area contributed by atoms with Crippen LogP contribution in [0.3, 0.4) is 0 Å². The fourth-order valence-corrected chi connectivity index (χ4v) is 2.97. The van der Waals surface area contributed by atoms with E-state index in [2.05, 4.69) is 33.2 Å². The normalized spacial score (nSPS) is 23.7. The number of nitrogens with one attached hydrogen (secondary N) is 1. The molecule has 1 N–H and O–H groups in total. The highest BCUT2D eigenvalue weighted by Crippen LogP contribution is 2.29. The van der Waals surface area contributed by atoms with Gasteiger partial charge in [-0.3, -0.25) is 10.1 Å². The monoisotopic (exact) mass is 327 g/mol. The van der Waals surface area contributed by atoms with Gasteiger partial charge in [0.15, 0.2) is 0 Å². The molecule has 1 aliphatic rings. The maximum atomic E-state index is 10.7. The van der Waals surface area contributed by atoms with E-state index in [-0.39, 0.29) is 5.69 Å². The number of halogens is 1. The highest BCUT2D eigenvalue weighted by molar-refractivity contribution is 9.10. The summed E-state index contributed by atoms with van der Waals surface area (Å²) >= 11 is 3.35. The van der Waals surface area contributed by atoms with E-state index in [1.165, 1.54) is 37.9 Å². The van der Waals surface area contributed by atoms with Crippen molar-refractivity contribution in [1.82, 2.24) is 4.98 Å². The van der Waals surface area contributed by atoms with Gasteiger partial charge in [-0.05, 0) is 34.7 Å². The third-order valence-corrected chi connectivity index (χ3v) is 4.33. The lowest BCUT2D eigenvalue weighted by molar-refractivity contribution is -0.385. The van der Waals surface area contributed by atoms with Gasteiger partial charge >= 0.3 is 0 Å². The Morgan fingerprint density at radius 3 is 2.84 bits per heavy atom. The van der Waals surface area contributed by atoms with Crippen LogP contribution in [0.5, 0.6) is 0 Å². The molecule has 0 saturated heterocycles. The largest absolute Gasteiger partial charge is 0.366 e. The van der Waals surface area contributed by atoms with E-state index < -0.39 is 4.92 Å². The summed E-state index contributed by atoms with van der Waals surface area (Å²) in [5.74, 6) is 1.30. The van der Waals surface area contributed by atoms with E-state index in [1.807, 2.05) is 0 Å². The minimum absolute atomic E-state index is 0.00587. The second-order valence-corrected chi connectivity index (χ2v) is 6.00.